The van der Waals surface area contributed by atoms with Gasteiger partial charge in [-0.25, -0.2) is 4.79 Å². The molecule has 196 valence electrons. The van der Waals surface area contributed by atoms with Crippen LogP contribution in [0, 0.1) is 5.92 Å². The van der Waals surface area contributed by atoms with Gasteiger partial charge in [-0.1, -0.05) is 71.6 Å². The van der Waals surface area contributed by atoms with E-state index < -0.39 is 5.60 Å². The number of unbranched alkanes of at least 4 members (excludes halogenated alkanes) is 6. The largest absolute Gasteiger partial charge is 0.466 e. The second-order valence-electron chi connectivity index (χ2n) is 10.2. The number of carbonyl (C=O) groups excluding carboxylic acids is 2. The lowest BCUT2D eigenvalue weighted by molar-refractivity contribution is -0.144. The highest BCUT2D eigenvalue weighted by molar-refractivity contribution is 5.69. The lowest BCUT2D eigenvalue weighted by Gasteiger charge is -2.19. The van der Waals surface area contributed by atoms with Crippen LogP contribution in [0.3, 0.4) is 0 Å². The predicted octanol–water partition coefficient (Wildman–Crippen LogP) is 6.76. The third-order valence-corrected chi connectivity index (χ3v) is 5.65. The van der Waals surface area contributed by atoms with Crippen LogP contribution < -0.4 is 10.6 Å². The van der Waals surface area contributed by atoms with Crippen LogP contribution in [0.5, 0.6) is 0 Å². The fraction of sp³-hybridized carbons (Fsp3) is 0.926. The Bertz CT molecular complexity index is 469. The number of rotatable bonds is 21. The molecule has 0 aromatic heterocycles. The van der Waals surface area contributed by atoms with Crippen LogP contribution >= 0.6 is 0 Å². The molecule has 0 heterocycles. The summed E-state index contributed by atoms with van der Waals surface area (Å²) in [6.45, 7) is 13.2. The molecule has 0 saturated carbocycles. The van der Waals surface area contributed by atoms with Crippen LogP contribution in [0.25, 0.3) is 0 Å². The highest BCUT2D eigenvalue weighted by Gasteiger charge is 2.15. The molecule has 0 aliphatic carbocycles. The lowest BCUT2D eigenvalue weighted by atomic mass is 9.93. The standard InChI is InChI=1S/C27H54N2O4/c1-6-8-16-24(17-9-7-2)19-23-32-25(30)18-13-11-10-12-14-20-28-21-15-22-29-26(31)33-27(3,4)5/h24,28H,6-23H2,1-5H3,(H,29,31). The van der Waals surface area contributed by atoms with Gasteiger partial charge in [-0.15, -0.1) is 0 Å². The van der Waals surface area contributed by atoms with Crippen LogP contribution in [-0.2, 0) is 14.3 Å². The van der Waals surface area contributed by atoms with Crippen LogP contribution in [0.2, 0.25) is 0 Å². The molecule has 1 amide bonds. The lowest BCUT2D eigenvalue weighted by Crippen LogP contribution is -2.34. The number of alkyl carbamates (subject to hydrolysis) is 1. The molecule has 0 spiro atoms. The minimum absolute atomic E-state index is 0.0265. The van der Waals surface area contributed by atoms with E-state index in [0.717, 1.165) is 51.6 Å². The van der Waals surface area contributed by atoms with Crippen LogP contribution in [0.15, 0.2) is 0 Å². The summed E-state index contributed by atoms with van der Waals surface area (Å²) >= 11 is 0. The Hall–Kier alpha value is -1.30. The highest BCUT2D eigenvalue weighted by atomic mass is 16.6. The van der Waals surface area contributed by atoms with E-state index in [-0.39, 0.29) is 12.1 Å². The molecule has 2 N–H and O–H groups in total. The minimum atomic E-state index is -0.450. The molecule has 6 nitrogen and oxygen atoms in total. The smallest absolute Gasteiger partial charge is 0.407 e. The van der Waals surface area contributed by atoms with E-state index in [1.54, 1.807) is 0 Å². The zero-order valence-electron chi connectivity index (χ0n) is 22.4. The Kier molecular flexibility index (Phi) is 20.4. The van der Waals surface area contributed by atoms with Gasteiger partial charge in [-0.2, -0.15) is 0 Å². The van der Waals surface area contributed by atoms with E-state index in [1.807, 2.05) is 20.8 Å². The second-order valence-corrected chi connectivity index (χ2v) is 10.2. The molecule has 0 atom stereocenters. The van der Waals surface area contributed by atoms with Gasteiger partial charge in [0.25, 0.3) is 0 Å². The number of hydrogen-bond donors (Lipinski definition) is 2. The van der Waals surface area contributed by atoms with E-state index in [0.29, 0.717) is 25.5 Å². The molecule has 0 aromatic carbocycles. The molecular weight excluding hydrogens is 416 g/mol. The van der Waals surface area contributed by atoms with Crippen molar-refractivity contribution < 1.29 is 19.1 Å². The van der Waals surface area contributed by atoms with Crippen molar-refractivity contribution in [3.8, 4) is 0 Å². The van der Waals surface area contributed by atoms with Crippen molar-refractivity contribution in [3.05, 3.63) is 0 Å². The number of esters is 1. The summed E-state index contributed by atoms with van der Waals surface area (Å²) in [5.74, 6) is 0.689. The number of ether oxygens (including phenoxy) is 2. The van der Waals surface area contributed by atoms with Crippen molar-refractivity contribution in [3.63, 3.8) is 0 Å². The molecule has 0 aliphatic rings. The van der Waals surface area contributed by atoms with E-state index in [1.165, 1.54) is 44.9 Å². The van der Waals surface area contributed by atoms with Gasteiger partial charge in [0.05, 0.1) is 6.61 Å². The number of carbonyl (C=O) groups is 2. The zero-order valence-corrected chi connectivity index (χ0v) is 22.4. The maximum Gasteiger partial charge on any atom is 0.407 e. The molecule has 6 heteroatoms. The molecular formula is C27H54N2O4. The van der Waals surface area contributed by atoms with Gasteiger partial charge in [0.1, 0.15) is 5.60 Å². The Morgan fingerprint density at radius 2 is 1.36 bits per heavy atom. The van der Waals surface area contributed by atoms with Crippen molar-refractivity contribution in [1.82, 2.24) is 10.6 Å². The first kappa shape index (κ1) is 31.7. The zero-order chi connectivity index (χ0) is 24.8. The summed E-state index contributed by atoms with van der Waals surface area (Å²) in [5, 5.41) is 6.18. The maximum absolute atomic E-state index is 12.0. The topological polar surface area (TPSA) is 76.7 Å². The van der Waals surface area contributed by atoms with E-state index in [2.05, 4.69) is 24.5 Å². The molecule has 0 bridgehead atoms. The first-order chi connectivity index (χ1) is 15.8. The average molecular weight is 471 g/mol. The minimum Gasteiger partial charge on any atom is -0.466 e. The quantitative estimate of drug-likeness (QED) is 0.143. The summed E-state index contributed by atoms with van der Waals surface area (Å²) in [6, 6.07) is 0. The van der Waals surface area contributed by atoms with Crippen molar-refractivity contribution in [2.24, 2.45) is 5.92 Å². The fourth-order valence-corrected chi connectivity index (χ4v) is 3.72. The first-order valence-corrected chi connectivity index (χ1v) is 13.6. The highest BCUT2D eigenvalue weighted by Crippen LogP contribution is 2.20. The normalized spacial score (nSPS) is 11.6. The molecule has 33 heavy (non-hydrogen) atoms. The molecule has 0 aromatic rings. The first-order valence-electron chi connectivity index (χ1n) is 13.6. The Balaban J connectivity index is 3.48. The monoisotopic (exact) mass is 470 g/mol. The third-order valence-electron chi connectivity index (χ3n) is 5.65. The summed E-state index contributed by atoms with van der Waals surface area (Å²) < 4.78 is 10.7. The fourth-order valence-electron chi connectivity index (χ4n) is 3.72. The van der Waals surface area contributed by atoms with E-state index in [4.69, 9.17) is 9.47 Å². The van der Waals surface area contributed by atoms with Crippen LogP contribution in [-0.4, -0.2) is 43.9 Å². The van der Waals surface area contributed by atoms with Gasteiger partial charge in [0.15, 0.2) is 0 Å². The predicted molar refractivity (Wildman–Crippen MR) is 138 cm³/mol. The Morgan fingerprint density at radius 3 is 2.00 bits per heavy atom. The van der Waals surface area contributed by atoms with Crippen molar-refractivity contribution in [1.29, 1.82) is 0 Å². The van der Waals surface area contributed by atoms with Crippen molar-refractivity contribution >= 4 is 12.1 Å². The number of amides is 1. The second kappa shape index (κ2) is 21.2. The summed E-state index contributed by atoms with van der Waals surface area (Å²) in [4.78, 5) is 23.5. The van der Waals surface area contributed by atoms with Gasteiger partial charge in [-0.3, -0.25) is 4.79 Å². The SMILES string of the molecule is CCCCC(CCCC)CCOC(=O)CCCCCCCNCCCNC(=O)OC(C)(C)C. The van der Waals surface area contributed by atoms with Crippen molar-refractivity contribution in [2.45, 2.75) is 130 Å². The summed E-state index contributed by atoms with van der Waals surface area (Å²) in [6.07, 6.45) is 15.2. The third kappa shape index (κ3) is 23.6. The molecule has 0 unspecified atom stereocenters. The summed E-state index contributed by atoms with van der Waals surface area (Å²) in [5.41, 5.74) is -0.450. The summed E-state index contributed by atoms with van der Waals surface area (Å²) in [7, 11) is 0. The number of hydrogen-bond acceptors (Lipinski definition) is 5. The van der Waals surface area contributed by atoms with Gasteiger partial charge >= 0.3 is 12.1 Å². The van der Waals surface area contributed by atoms with Gasteiger partial charge < -0.3 is 20.1 Å². The van der Waals surface area contributed by atoms with Crippen molar-refractivity contribution in [2.75, 3.05) is 26.2 Å². The molecule has 0 fully saturated rings. The Morgan fingerprint density at radius 1 is 0.758 bits per heavy atom. The van der Waals surface area contributed by atoms with Crippen LogP contribution in [0.4, 0.5) is 4.79 Å². The molecule has 0 rings (SSSR count). The Labute approximate surface area is 204 Å². The van der Waals surface area contributed by atoms with Gasteiger partial charge in [0.2, 0.25) is 0 Å². The number of nitrogens with one attached hydrogen (secondary N) is 2. The molecule has 0 aliphatic heterocycles. The van der Waals surface area contributed by atoms with Crippen LogP contribution in [0.1, 0.15) is 125 Å². The van der Waals surface area contributed by atoms with Gasteiger partial charge in [-0.05, 0) is 65.5 Å². The average Bonchev–Trinajstić information content (AvgIpc) is 2.74. The van der Waals surface area contributed by atoms with Gasteiger partial charge in [0, 0.05) is 13.0 Å². The molecule has 0 saturated heterocycles. The molecule has 0 radical (unpaired) electrons. The van der Waals surface area contributed by atoms with E-state index >= 15 is 0 Å². The maximum atomic E-state index is 12.0. The van der Waals surface area contributed by atoms with E-state index in [9.17, 15) is 9.59 Å².